The summed E-state index contributed by atoms with van der Waals surface area (Å²) >= 11 is 0. The molecule has 0 aliphatic carbocycles. The fourth-order valence-corrected chi connectivity index (χ4v) is 3.14. The first-order valence-corrected chi connectivity index (χ1v) is 7.57. The fourth-order valence-electron chi connectivity index (χ4n) is 3.14. The third kappa shape index (κ3) is 3.00. The van der Waals surface area contributed by atoms with Crippen molar-refractivity contribution in [2.45, 2.75) is 31.8 Å². The lowest BCUT2D eigenvalue weighted by Crippen LogP contribution is -2.32. The maximum atomic E-state index is 4.39. The first-order chi connectivity index (χ1) is 9.84. The predicted octanol–water partition coefficient (Wildman–Crippen LogP) is 2.81. The van der Waals surface area contributed by atoms with E-state index >= 15 is 0 Å². The quantitative estimate of drug-likeness (QED) is 0.928. The molecule has 106 valence electrons. The first kappa shape index (κ1) is 13.5. The molecule has 1 aliphatic rings. The highest BCUT2D eigenvalue weighted by Crippen LogP contribution is 2.20. The minimum absolute atomic E-state index is 0.684. The molecular weight excluding hydrogens is 246 g/mol. The van der Waals surface area contributed by atoms with Crippen LogP contribution in [0.1, 0.15) is 24.8 Å². The molecular formula is C17H23N3. The Morgan fingerprint density at radius 2 is 2.10 bits per heavy atom. The van der Waals surface area contributed by atoms with Crippen LogP contribution in [0, 0.1) is 0 Å². The second kappa shape index (κ2) is 6.33. The highest BCUT2D eigenvalue weighted by molar-refractivity contribution is 5.84. The van der Waals surface area contributed by atoms with Gasteiger partial charge in [0.15, 0.2) is 0 Å². The Morgan fingerprint density at radius 3 is 3.05 bits per heavy atom. The van der Waals surface area contributed by atoms with E-state index in [1.807, 2.05) is 12.4 Å². The van der Waals surface area contributed by atoms with Crippen molar-refractivity contribution in [1.29, 1.82) is 0 Å². The Kier molecular flexibility index (Phi) is 4.28. The number of hydrogen-bond donors (Lipinski definition) is 1. The molecule has 1 unspecified atom stereocenters. The van der Waals surface area contributed by atoms with Crippen LogP contribution in [-0.2, 0) is 6.54 Å². The monoisotopic (exact) mass is 269 g/mol. The lowest BCUT2D eigenvalue weighted by molar-refractivity contribution is 0.217. The molecule has 1 aromatic heterocycles. The molecule has 3 heteroatoms. The molecule has 0 bridgehead atoms. The standard InChI is InChI=1S/C17H23N3/c1-20(16-6-4-9-18-10-8-16)13-15-12-19-11-14-5-2-3-7-17(14)15/h2-3,5,7,11-12,16,18H,4,6,8-10,13H2,1H3. The van der Waals surface area contributed by atoms with Gasteiger partial charge in [0, 0.05) is 30.4 Å². The first-order valence-electron chi connectivity index (χ1n) is 7.57. The highest BCUT2D eigenvalue weighted by Gasteiger charge is 2.17. The van der Waals surface area contributed by atoms with E-state index in [9.17, 15) is 0 Å². The molecule has 1 aliphatic heterocycles. The van der Waals surface area contributed by atoms with Crippen LogP contribution in [-0.4, -0.2) is 36.1 Å². The molecule has 2 aromatic rings. The van der Waals surface area contributed by atoms with E-state index < -0.39 is 0 Å². The van der Waals surface area contributed by atoms with Gasteiger partial charge >= 0.3 is 0 Å². The van der Waals surface area contributed by atoms with Crippen LogP contribution < -0.4 is 5.32 Å². The van der Waals surface area contributed by atoms with Crippen molar-refractivity contribution in [2.75, 3.05) is 20.1 Å². The summed E-state index contributed by atoms with van der Waals surface area (Å²) in [5, 5.41) is 6.06. The topological polar surface area (TPSA) is 28.2 Å². The van der Waals surface area contributed by atoms with E-state index in [0.717, 1.165) is 13.1 Å². The summed E-state index contributed by atoms with van der Waals surface area (Å²) in [7, 11) is 2.25. The van der Waals surface area contributed by atoms with E-state index in [1.165, 1.54) is 42.1 Å². The van der Waals surface area contributed by atoms with Crippen LogP contribution in [0.2, 0.25) is 0 Å². The minimum atomic E-state index is 0.684. The summed E-state index contributed by atoms with van der Waals surface area (Å²) in [5.74, 6) is 0. The summed E-state index contributed by atoms with van der Waals surface area (Å²) in [5.41, 5.74) is 1.34. The maximum absolute atomic E-state index is 4.39. The summed E-state index contributed by atoms with van der Waals surface area (Å²) in [6.45, 7) is 3.29. The second-order valence-electron chi connectivity index (χ2n) is 5.77. The van der Waals surface area contributed by atoms with Gasteiger partial charge in [-0.2, -0.15) is 0 Å². The molecule has 0 saturated carbocycles. The van der Waals surface area contributed by atoms with Gasteiger partial charge in [0.25, 0.3) is 0 Å². The Bertz CT molecular complexity index is 554. The van der Waals surface area contributed by atoms with Crippen LogP contribution in [0.4, 0.5) is 0 Å². The third-order valence-corrected chi connectivity index (χ3v) is 4.34. The average molecular weight is 269 g/mol. The highest BCUT2D eigenvalue weighted by atomic mass is 15.1. The predicted molar refractivity (Wildman–Crippen MR) is 83.7 cm³/mol. The molecule has 1 atom stereocenters. The van der Waals surface area contributed by atoms with E-state index in [1.54, 1.807) is 0 Å². The lowest BCUT2D eigenvalue weighted by atomic mass is 10.0. The van der Waals surface area contributed by atoms with Gasteiger partial charge in [0.2, 0.25) is 0 Å². The van der Waals surface area contributed by atoms with Gasteiger partial charge in [-0.05, 0) is 50.3 Å². The molecule has 3 rings (SSSR count). The van der Waals surface area contributed by atoms with Crippen molar-refractivity contribution in [1.82, 2.24) is 15.2 Å². The van der Waals surface area contributed by atoms with E-state index in [4.69, 9.17) is 0 Å². The van der Waals surface area contributed by atoms with Gasteiger partial charge in [-0.15, -0.1) is 0 Å². The molecule has 3 nitrogen and oxygen atoms in total. The van der Waals surface area contributed by atoms with Gasteiger partial charge in [-0.25, -0.2) is 0 Å². The Morgan fingerprint density at radius 1 is 1.20 bits per heavy atom. The van der Waals surface area contributed by atoms with E-state index in [-0.39, 0.29) is 0 Å². The fraction of sp³-hybridized carbons (Fsp3) is 0.471. The minimum Gasteiger partial charge on any atom is -0.317 e. The summed E-state index contributed by atoms with van der Waals surface area (Å²) in [6, 6.07) is 9.22. The molecule has 0 radical (unpaired) electrons. The number of fused-ring (bicyclic) bond motifs is 1. The number of rotatable bonds is 3. The number of hydrogen-bond acceptors (Lipinski definition) is 3. The number of nitrogens with zero attached hydrogens (tertiary/aromatic N) is 2. The van der Waals surface area contributed by atoms with Crippen molar-refractivity contribution < 1.29 is 0 Å². The molecule has 20 heavy (non-hydrogen) atoms. The number of aromatic nitrogens is 1. The van der Waals surface area contributed by atoms with Gasteiger partial charge in [0.1, 0.15) is 0 Å². The molecule has 2 heterocycles. The molecule has 1 fully saturated rings. The summed E-state index contributed by atoms with van der Waals surface area (Å²) < 4.78 is 0. The van der Waals surface area contributed by atoms with Crippen molar-refractivity contribution in [3.05, 3.63) is 42.2 Å². The van der Waals surface area contributed by atoms with Crippen LogP contribution in [0.15, 0.2) is 36.7 Å². The summed E-state index contributed by atoms with van der Waals surface area (Å²) in [6.07, 6.45) is 7.79. The van der Waals surface area contributed by atoms with Crippen LogP contribution in [0.3, 0.4) is 0 Å². The van der Waals surface area contributed by atoms with Crippen molar-refractivity contribution in [2.24, 2.45) is 0 Å². The molecule has 1 aromatic carbocycles. The number of benzene rings is 1. The van der Waals surface area contributed by atoms with Gasteiger partial charge in [0.05, 0.1) is 0 Å². The smallest absolute Gasteiger partial charge is 0.0346 e. The average Bonchev–Trinajstić information content (AvgIpc) is 2.77. The zero-order valence-electron chi connectivity index (χ0n) is 12.2. The third-order valence-electron chi connectivity index (χ3n) is 4.34. The van der Waals surface area contributed by atoms with Gasteiger partial charge < -0.3 is 5.32 Å². The zero-order chi connectivity index (χ0) is 13.8. The number of pyridine rings is 1. The van der Waals surface area contributed by atoms with Gasteiger partial charge in [-0.1, -0.05) is 24.3 Å². The zero-order valence-corrected chi connectivity index (χ0v) is 12.2. The Hall–Kier alpha value is -1.45. The number of nitrogens with one attached hydrogen (secondary N) is 1. The second-order valence-corrected chi connectivity index (χ2v) is 5.77. The Labute approximate surface area is 121 Å². The molecule has 1 N–H and O–H groups in total. The molecule has 1 saturated heterocycles. The van der Waals surface area contributed by atoms with E-state index in [2.05, 4.69) is 46.5 Å². The maximum Gasteiger partial charge on any atom is 0.0346 e. The van der Waals surface area contributed by atoms with Crippen LogP contribution >= 0.6 is 0 Å². The summed E-state index contributed by atoms with van der Waals surface area (Å²) in [4.78, 5) is 6.89. The van der Waals surface area contributed by atoms with Gasteiger partial charge in [-0.3, -0.25) is 9.88 Å². The largest absolute Gasteiger partial charge is 0.317 e. The SMILES string of the molecule is CN(Cc1cncc2ccccc12)C1CCCNCC1. The van der Waals surface area contributed by atoms with Crippen LogP contribution in [0.5, 0.6) is 0 Å². The molecule has 0 amide bonds. The van der Waals surface area contributed by atoms with Crippen molar-refractivity contribution in [3.8, 4) is 0 Å². The van der Waals surface area contributed by atoms with Crippen LogP contribution in [0.25, 0.3) is 10.8 Å². The lowest BCUT2D eigenvalue weighted by Gasteiger charge is -2.27. The molecule has 0 spiro atoms. The van der Waals surface area contributed by atoms with E-state index in [0.29, 0.717) is 6.04 Å². The normalized spacial score (nSPS) is 20.2. The Balaban J connectivity index is 1.78. The van der Waals surface area contributed by atoms with Crippen molar-refractivity contribution in [3.63, 3.8) is 0 Å². The van der Waals surface area contributed by atoms with Crippen molar-refractivity contribution >= 4 is 10.8 Å².